The molecule has 0 spiro atoms. The normalized spacial score (nSPS) is 27.6. The Bertz CT molecular complexity index is 486. The minimum absolute atomic E-state index is 0.0233. The highest BCUT2D eigenvalue weighted by Gasteiger charge is 2.35. The summed E-state index contributed by atoms with van der Waals surface area (Å²) in [5.41, 5.74) is 5.99. The molecule has 6 nitrogen and oxygen atoms in total. The summed E-state index contributed by atoms with van der Waals surface area (Å²) in [7, 11) is 0. The van der Waals surface area contributed by atoms with Crippen LogP contribution in [0.1, 0.15) is 58.6 Å². The maximum atomic E-state index is 12.3. The fourth-order valence-electron chi connectivity index (χ4n) is 3.12. The number of carbonyl (C=O) groups is 1. The average Bonchev–Trinajstić information content (AvgIpc) is 2.83. The molecule has 21 heavy (non-hydrogen) atoms. The van der Waals surface area contributed by atoms with Crippen LogP contribution in [0.15, 0.2) is 4.63 Å². The highest BCUT2D eigenvalue weighted by molar-refractivity contribution is 5.78. The fraction of sp³-hybridized carbons (Fsp3) is 0.800. The van der Waals surface area contributed by atoms with Crippen LogP contribution in [0.3, 0.4) is 0 Å². The molecule has 0 bridgehead atoms. The molecular weight excluding hydrogens is 270 g/mol. The third kappa shape index (κ3) is 3.54. The number of nitrogens with zero attached hydrogens (tertiary/aromatic N) is 2. The maximum absolute atomic E-state index is 12.3. The van der Waals surface area contributed by atoms with Crippen molar-refractivity contribution in [2.45, 2.75) is 59.0 Å². The minimum atomic E-state index is -0.554. The van der Waals surface area contributed by atoms with Crippen molar-refractivity contribution in [3.63, 3.8) is 0 Å². The molecule has 1 aromatic rings. The predicted molar refractivity (Wildman–Crippen MR) is 78.3 cm³/mol. The zero-order chi connectivity index (χ0) is 15.6. The van der Waals surface area contributed by atoms with Crippen molar-refractivity contribution >= 4 is 11.8 Å². The Balaban J connectivity index is 2.04. The molecule has 2 rings (SSSR count). The van der Waals surface area contributed by atoms with Crippen LogP contribution in [0.4, 0.5) is 5.82 Å². The maximum Gasteiger partial charge on any atom is 0.315 e. The lowest BCUT2D eigenvalue weighted by atomic mass is 9.75. The lowest BCUT2D eigenvalue weighted by molar-refractivity contribution is -0.157. The van der Waals surface area contributed by atoms with Gasteiger partial charge in [0.1, 0.15) is 17.7 Å². The molecule has 118 valence electrons. The standard InChI is InChI=1S/C15H25N3O3/c1-8(2)11-6-5-9(3)7-12(11)20-15(19)10(4)13-14(16)18-21-17-13/h8-12H,5-7H2,1-4H3,(H2,16,18). The van der Waals surface area contributed by atoms with Gasteiger partial charge in [-0.1, -0.05) is 32.3 Å². The number of ether oxygens (including phenoxy) is 1. The number of rotatable bonds is 4. The summed E-state index contributed by atoms with van der Waals surface area (Å²) < 4.78 is 10.3. The van der Waals surface area contributed by atoms with Crippen LogP contribution in [-0.2, 0) is 9.53 Å². The topological polar surface area (TPSA) is 91.2 Å². The number of nitrogens with two attached hydrogens (primary N) is 1. The number of nitrogen functional groups attached to an aromatic ring is 1. The van der Waals surface area contributed by atoms with E-state index in [0.29, 0.717) is 23.4 Å². The Hall–Kier alpha value is -1.59. The second-order valence-electron chi connectivity index (χ2n) is 6.56. The fourth-order valence-corrected chi connectivity index (χ4v) is 3.12. The zero-order valence-corrected chi connectivity index (χ0v) is 13.2. The van der Waals surface area contributed by atoms with Crippen LogP contribution in [0.25, 0.3) is 0 Å². The molecule has 1 aliphatic carbocycles. The van der Waals surface area contributed by atoms with Gasteiger partial charge >= 0.3 is 5.97 Å². The van der Waals surface area contributed by atoms with Crippen molar-refractivity contribution in [3.05, 3.63) is 5.69 Å². The van der Waals surface area contributed by atoms with Gasteiger partial charge in [-0.2, -0.15) is 0 Å². The predicted octanol–water partition coefficient (Wildman–Crippen LogP) is 2.76. The molecule has 1 saturated carbocycles. The Morgan fingerprint density at radius 1 is 1.33 bits per heavy atom. The molecule has 0 saturated heterocycles. The number of carbonyl (C=O) groups excluding carboxylic acids is 1. The highest BCUT2D eigenvalue weighted by Crippen LogP contribution is 2.36. The third-order valence-corrected chi connectivity index (χ3v) is 4.53. The first-order valence-corrected chi connectivity index (χ1v) is 7.68. The van der Waals surface area contributed by atoms with Gasteiger partial charge in [-0.3, -0.25) is 4.79 Å². The smallest absolute Gasteiger partial charge is 0.315 e. The van der Waals surface area contributed by atoms with Gasteiger partial charge in [-0.25, -0.2) is 4.63 Å². The van der Waals surface area contributed by atoms with Crippen LogP contribution in [0, 0.1) is 17.8 Å². The molecule has 6 heteroatoms. The number of aromatic nitrogens is 2. The number of anilines is 1. The zero-order valence-electron chi connectivity index (χ0n) is 13.2. The summed E-state index contributed by atoms with van der Waals surface area (Å²) in [6.45, 7) is 8.30. The van der Waals surface area contributed by atoms with Gasteiger partial charge in [-0.05, 0) is 42.7 Å². The molecule has 0 aliphatic heterocycles. The SMILES string of the molecule is CC1CCC(C(C)C)C(OC(=O)C(C)c2nonc2N)C1. The largest absolute Gasteiger partial charge is 0.462 e. The van der Waals surface area contributed by atoms with Gasteiger partial charge in [0.2, 0.25) is 0 Å². The third-order valence-electron chi connectivity index (χ3n) is 4.53. The lowest BCUT2D eigenvalue weighted by Gasteiger charge is -2.37. The van der Waals surface area contributed by atoms with Crippen molar-refractivity contribution in [1.82, 2.24) is 10.3 Å². The van der Waals surface area contributed by atoms with E-state index in [1.165, 1.54) is 6.42 Å². The average molecular weight is 295 g/mol. The van der Waals surface area contributed by atoms with E-state index in [1.54, 1.807) is 6.92 Å². The van der Waals surface area contributed by atoms with Crippen molar-refractivity contribution in [2.24, 2.45) is 17.8 Å². The summed E-state index contributed by atoms with van der Waals surface area (Å²) in [5, 5.41) is 7.19. The second kappa shape index (κ2) is 6.45. The Morgan fingerprint density at radius 2 is 2.05 bits per heavy atom. The first-order valence-electron chi connectivity index (χ1n) is 7.68. The van der Waals surface area contributed by atoms with Gasteiger partial charge in [-0.15, -0.1) is 0 Å². The van der Waals surface area contributed by atoms with Crippen LogP contribution in [0.2, 0.25) is 0 Å². The second-order valence-corrected chi connectivity index (χ2v) is 6.56. The first kappa shape index (κ1) is 15.8. The van der Waals surface area contributed by atoms with Crippen molar-refractivity contribution in [2.75, 3.05) is 5.73 Å². The van der Waals surface area contributed by atoms with E-state index >= 15 is 0 Å². The summed E-state index contributed by atoms with van der Waals surface area (Å²) >= 11 is 0. The molecule has 0 radical (unpaired) electrons. The molecule has 0 aromatic carbocycles. The number of hydrogen-bond acceptors (Lipinski definition) is 6. The molecule has 1 aromatic heterocycles. The summed E-state index contributed by atoms with van der Waals surface area (Å²) in [4.78, 5) is 12.3. The molecular formula is C15H25N3O3. The Labute approximate surface area is 125 Å². The summed E-state index contributed by atoms with van der Waals surface area (Å²) in [6, 6.07) is 0. The first-order chi connectivity index (χ1) is 9.90. The van der Waals surface area contributed by atoms with Gasteiger partial charge in [0.25, 0.3) is 0 Å². The minimum Gasteiger partial charge on any atom is -0.462 e. The highest BCUT2D eigenvalue weighted by atomic mass is 16.6. The van der Waals surface area contributed by atoms with Crippen LogP contribution in [-0.4, -0.2) is 22.4 Å². The molecule has 2 N–H and O–H groups in total. The Morgan fingerprint density at radius 3 is 2.62 bits per heavy atom. The van der Waals surface area contributed by atoms with E-state index in [2.05, 4.69) is 35.7 Å². The number of hydrogen-bond donors (Lipinski definition) is 1. The van der Waals surface area contributed by atoms with Gasteiger partial charge < -0.3 is 10.5 Å². The number of esters is 1. The van der Waals surface area contributed by atoms with E-state index in [9.17, 15) is 4.79 Å². The van der Waals surface area contributed by atoms with Gasteiger partial charge in [0.05, 0.1) is 0 Å². The van der Waals surface area contributed by atoms with Gasteiger partial charge in [0, 0.05) is 0 Å². The molecule has 4 atom stereocenters. The van der Waals surface area contributed by atoms with E-state index in [0.717, 1.165) is 12.8 Å². The van der Waals surface area contributed by atoms with Gasteiger partial charge in [0.15, 0.2) is 5.82 Å². The molecule has 0 amide bonds. The molecule has 4 unspecified atom stereocenters. The Kier molecular flexibility index (Phi) is 4.85. The van der Waals surface area contributed by atoms with E-state index in [1.807, 2.05) is 0 Å². The van der Waals surface area contributed by atoms with E-state index in [4.69, 9.17) is 10.5 Å². The van der Waals surface area contributed by atoms with Crippen LogP contribution < -0.4 is 5.73 Å². The lowest BCUT2D eigenvalue weighted by Crippen LogP contribution is -2.36. The van der Waals surface area contributed by atoms with Crippen molar-refractivity contribution in [3.8, 4) is 0 Å². The summed E-state index contributed by atoms with van der Waals surface area (Å²) in [6.07, 6.45) is 3.21. The molecule has 1 aliphatic rings. The van der Waals surface area contributed by atoms with Crippen molar-refractivity contribution < 1.29 is 14.2 Å². The van der Waals surface area contributed by atoms with Crippen LogP contribution in [0.5, 0.6) is 0 Å². The monoisotopic (exact) mass is 295 g/mol. The van der Waals surface area contributed by atoms with Crippen LogP contribution >= 0.6 is 0 Å². The van der Waals surface area contributed by atoms with Crippen molar-refractivity contribution in [1.29, 1.82) is 0 Å². The van der Waals surface area contributed by atoms with E-state index < -0.39 is 5.92 Å². The van der Waals surface area contributed by atoms with E-state index in [-0.39, 0.29) is 17.9 Å². The molecule has 1 heterocycles. The molecule has 1 fully saturated rings. The quantitative estimate of drug-likeness (QED) is 0.859. The summed E-state index contributed by atoms with van der Waals surface area (Å²) in [5.74, 6) is 0.807.